The normalized spacial score (nSPS) is 13.3. The van der Waals surface area contributed by atoms with E-state index in [9.17, 15) is 9.59 Å². The van der Waals surface area contributed by atoms with Crippen molar-refractivity contribution in [2.45, 2.75) is 18.9 Å². The molecule has 0 bridgehead atoms. The van der Waals surface area contributed by atoms with Crippen LogP contribution in [0.1, 0.15) is 28.8 Å². The molecule has 2 N–H and O–H groups in total. The number of anilines is 1. The van der Waals surface area contributed by atoms with Crippen LogP contribution in [-0.2, 0) is 4.79 Å². The quantitative estimate of drug-likeness (QED) is 0.738. The number of hydrogen-bond donors (Lipinski definition) is 2. The van der Waals surface area contributed by atoms with E-state index in [1.165, 1.54) is 6.08 Å². The Kier molecular flexibility index (Phi) is 5.76. The second kappa shape index (κ2) is 8.40. The first-order valence-corrected chi connectivity index (χ1v) is 8.70. The van der Waals surface area contributed by atoms with Gasteiger partial charge in [0.15, 0.2) is 0 Å². The van der Waals surface area contributed by atoms with E-state index in [1.807, 2.05) is 0 Å². The maximum atomic E-state index is 12.1. The number of amides is 2. The molecule has 6 heteroatoms. The Bertz CT molecular complexity index is 833. The van der Waals surface area contributed by atoms with Crippen LogP contribution in [0.2, 0.25) is 0 Å². The Hall–Kier alpha value is -3.28. The van der Waals surface area contributed by atoms with Crippen molar-refractivity contribution in [3.63, 3.8) is 0 Å². The van der Waals surface area contributed by atoms with Gasteiger partial charge in [-0.1, -0.05) is 0 Å². The smallest absolute Gasteiger partial charge is 0.251 e. The summed E-state index contributed by atoms with van der Waals surface area (Å²) in [5, 5.41) is 5.70. The van der Waals surface area contributed by atoms with E-state index < -0.39 is 0 Å². The fraction of sp³-hybridized carbons (Fsp3) is 0.238. The second-order valence-corrected chi connectivity index (χ2v) is 6.29. The number of carbonyl (C=O) groups excluding carboxylic acids is 2. The molecule has 27 heavy (non-hydrogen) atoms. The van der Waals surface area contributed by atoms with Gasteiger partial charge in [-0.05, 0) is 60.9 Å². The lowest BCUT2D eigenvalue weighted by molar-refractivity contribution is -0.111. The van der Waals surface area contributed by atoms with Crippen LogP contribution < -0.4 is 20.1 Å². The SMILES string of the molecule is COc1cc(/C=C/C(=O)Nc2ccc(C(=O)NC3CC3)cc2)cc(OC)c1. The van der Waals surface area contributed by atoms with Crippen molar-refractivity contribution >= 4 is 23.6 Å². The van der Waals surface area contributed by atoms with E-state index >= 15 is 0 Å². The van der Waals surface area contributed by atoms with E-state index in [4.69, 9.17) is 9.47 Å². The van der Waals surface area contributed by atoms with Gasteiger partial charge in [0.25, 0.3) is 5.91 Å². The summed E-state index contributed by atoms with van der Waals surface area (Å²) >= 11 is 0. The summed E-state index contributed by atoms with van der Waals surface area (Å²) in [4.78, 5) is 24.1. The zero-order valence-corrected chi connectivity index (χ0v) is 15.3. The number of rotatable bonds is 7. The Morgan fingerprint density at radius 2 is 1.63 bits per heavy atom. The van der Waals surface area contributed by atoms with Gasteiger partial charge in [0.05, 0.1) is 14.2 Å². The molecule has 2 amide bonds. The maximum absolute atomic E-state index is 12.1. The van der Waals surface area contributed by atoms with Crippen LogP contribution in [0.15, 0.2) is 48.5 Å². The highest BCUT2D eigenvalue weighted by atomic mass is 16.5. The van der Waals surface area contributed by atoms with Gasteiger partial charge in [-0.2, -0.15) is 0 Å². The second-order valence-electron chi connectivity index (χ2n) is 6.29. The molecule has 1 aliphatic rings. The molecule has 6 nitrogen and oxygen atoms in total. The summed E-state index contributed by atoms with van der Waals surface area (Å²) in [6.45, 7) is 0. The molecule has 0 radical (unpaired) electrons. The lowest BCUT2D eigenvalue weighted by atomic mass is 10.1. The van der Waals surface area contributed by atoms with Crippen LogP contribution in [0.4, 0.5) is 5.69 Å². The summed E-state index contributed by atoms with van der Waals surface area (Å²) < 4.78 is 10.4. The Morgan fingerprint density at radius 1 is 1.00 bits per heavy atom. The standard InChI is InChI=1S/C21H22N2O4/c1-26-18-11-14(12-19(13-18)27-2)3-10-20(24)22-16-6-4-15(5-7-16)21(25)23-17-8-9-17/h3-7,10-13,17H,8-9H2,1-2H3,(H,22,24)(H,23,25)/b10-3+. The number of benzene rings is 2. The largest absolute Gasteiger partial charge is 0.497 e. The van der Waals surface area contributed by atoms with Crippen LogP contribution in [0.25, 0.3) is 6.08 Å². The number of carbonyl (C=O) groups is 2. The molecular weight excluding hydrogens is 344 g/mol. The molecule has 0 saturated heterocycles. The molecule has 1 fully saturated rings. The average Bonchev–Trinajstić information content (AvgIpc) is 3.50. The fourth-order valence-electron chi connectivity index (χ4n) is 2.48. The van der Waals surface area contributed by atoms with Crippen molar-refractivity contribution < 1.29 is 19.1 Å². The lowest BCUT2D eigenvalue weighted by Crippen LogP contribution is -2.25. The third-order valence-corrected chi connectivity index (χ3v) is 4.13. The van der Waals surface area contributed by atoms with Crippen LogP contribution in [0.3, 0.4) is 0 Å². The Labute approximate surface area is 158 Å². The van der Waals surface area contributed by atoms with Crippen LogP contribution in [0, 0.1) is 0 Å². The van der Waals surface area contributed by atoms with Gasteiger partial charge in [0, 0.05) is 29.4 Å². The minimum Gasteiger partial charge on any atom is -0.497 e. The number of ether oxygens (including phenoxy) is 2. The van der Waals surface area contributed by atoms with Gasteiger partial charge in [0.2, 0.25) is 5.91 Å². The number of hydrogen-bond acceptors (Lipinski definition) is 4. The van der Waals surface area contributed by atoms with Crippen LogP contribution >= 0.6 is 0 Å². The highest BCUT2D eigenvalue weighted by molar-refractivity contribution is 6.02. The van der Waals surface area contributed by atoms with Gasteiger partial charge in [-0.3, -0.25) is 9.59 Å². The van der Waals surface area contributed by atoms with E-state index in [0.29, 0.717) is 28.8 Å². The maximum Gasteiger partial charge on any atom is 0.251 e. The predicted molar refractivity (Wildman–Crippen MR) is 104 cm³/mol. The van der Waals surface area contributed by atoms with E-state index in [-0.39, 0.29) is 11.8 Å². The first kappa shape index (κ1) is 18.5. The molecule has 0 atom stereocenters. The zero-order valence-electron chi connectivity index (χ0n) is 15.3. The van der Waals surface area contributed by atoms with Gasteiger partial charge in [0.1, 0.15) is 11.5 Å². The monoisotopic (exact) mass is 366 g/mol. The van der Waals surface area contributed by atoms with Crippen LogP contribution in [0.5, 0.6) is 11.5 Å². The van der Waals surface area contributed by atoms with E-state index in [1.54, 1.807) is 62.8 Å². The molecule has 0 unspecified atom stereocenters. The molecular formula is C21H22N2O4. The van der Waals surface area contributed by atoms with Crippen molar-refractivity contribution in [2.24, 2.45) is 0 Å². The fourth-order valence-corrected chi connectivity index (χ4v) is 2.48. The lowest BCUT2D eigenvalue weighted by Gasteiger charge is -2.06. The molecule has 1 aliphatic carbocycles. The topological polar surface area (TPSA) is 76.7 Å². The van der Waals surface area contributed by atoms with Crippen molar-refractivity contribution in [1.29, 1.82) is 0 Å². The third-order valence-electron chi connectivity index (χ3n) is 4.13. The minimum atomic E-state index is -0.271. The first-order valence-electron chi connectivity index (χ1n) is 8.70. The molecule has 2 aromatic carbocycles. The van der Waals surface area contributed by atoms with E-state index in [0.717, 1.165) is 18.4 Å². The van der Waals surface area contributed by atoms with Crippen molar-refractivity contribution in [3.8, 4) is 11.5 Å². The zero-order chi connectivity index (χ0) is 19.2. The summed E-state index contributed by atoms with van der Waals surface area (Å²) in [6.07, 6.45) is 5.20. The van der Waals surface area contributed by atoms with Crippen molar-refractivity contribution in [1.82, 2.24) is 5.32 Å². The predicted octanol–water partition coefficient (Wildman–Crippen LogP) is 3.25. The van der Waals surface area contributed by atoms with Crippen molar-refractivity contribution in [2.75, 3.05) is 19.5 Å². The summed E-state index contributed by atoms with van der Waals surface area (Å²) in [5.41, 5.74) is 1.99. The molecule has 140 valence electrons. The molecule has 3 rings (SSSR count). The summed E-state index contributed by atoms with van der Waals surface area (Å²) in [6, 6.07) is 12.5. The summed E-state index contributed by atoms with van der Waals surface area (Å²) in [5.74, 6) is 0.943. The molecule has 1 saturated carbocycles. The molecule has 0 spiro atoms. The average molecular weight is 366 g/mol. The molecule has 2 aromatic rings. The molecule has 0 aliphatic heterocycles. The van der Waals surface area contributed by atoms with Gasteiger partial charge in [-0.15, -0.1) is 0 Å². The van der Waals surface area contributed by atoms with Crippen LogP contribution in [-0.4, -0.2) is 32.1 Å². The summed E-state index contributed by atoms with van der Waals surface area (Å²) in [7, 11) is 3.15. The first-order chi connectivity index (χ1) is 13.1. The van der Waals surface area contributed by atoms with Gasteiger partial charge >= 0.3 is 0 Å². The number of nitrogens with one attached hydrogen (secondary N) is 2. The van der Waals surface area contributed by atoms with Gasteiger partial charge < -0.3 is 20.1 Å². The Morgan fingerprint density at radius 3 is 2.19 bits per heavy atom. The molecule has 0 aromatic heterocycles. The van der Waals surface area contributed by atoms with Gasteiger partial charge in [-0.25, -0.2) is 0 Å². The highest BCUT2D eigenvalue weighted by Gasteiger charge is 2.23. The minimum absolute atomic E-state index is 0.0813. The molecule has 0 heterocycles. The highest BCUT2D eigenvalue weighted by Crippen LogP contribution is 2.23. The Balaban J connectivity index is 1.60. The van der Waals surface area contributed by atoms with Crippen molar-refractivity contribution in [3.05, 3.63) is 59.7 Å². The number of methoxy groups -OCH3 is 2. The third kappa shape index (κ3) is 5.34. The van der Waals surface area contributed by atoms with E-state index in [2.05, 4.69) is 10.6 Å².